The number of carbonyl (C=O) groups excluding carboxylic acids is 1. The zero-order valence-electron chi connectivity index (χ0n) is 7.71. The van der Waals surface area contributed by atoms with E-state index >= 15 is 0 Å². The third kappa shape index (κ3) is 2.02. The first-order valence-corrected chi connectivity index (χ1v) is 6.07. The number of carbonyl (C=O) groups is 1. The molecule has 5 heteroatoms. The Balaban J connectivity index is 2.61. The van der Waals surface area contributed by atoms with E-state index in [1.54, 1.807) is 6.07 Å². The van der Waals surface area contributed by atoms with Crippen LogP contribution in [0.4, 0.5) is 0 Å². The number of hydrogen-bond donors (Lipinski definition) is 0. The first-order valence-electron chi connectivity index (χ1n) is 4.08. The van der Waals surface area contributed by atoms with Gasteiger partial charge in [-0.3, -0.25) is 0 Å². The third-order valence-corrected chi connectivity index (χ3v) is 4.22. The Morgan fingerprint density at radius 1 is 1.47 bits per heavy atom. The Kier molecular flexibility index (Phi) is 3.00. The molecule has 1 aromatic carbocycles. The van der Waals surface area contributed by atoms with E-state index in [1.165, 1.54) is 18.4 Å². The first-order chi connectivity index (χ1) is 7.11. The fourth-order valence-electron chi connectivity index (χ4n) is 1.24. The summed E-state index contributed by atoms with van der Waals surface area (Å²) in [6.45, 7) is 0. The van der Waals surface area contributed by atoms with E-state index in [4.69, 9.17) is 11.6 Å². The fourth-order valence-corrected chi connectivity index (χ4v) is 2.90. The van der Waals surface area contributed by atoms with Crippen LogP contribution >= 0.6 is 38.9 Å². The molecule has 1 heterocycles. The largest absolute Gasteiger partial charge is 0.465 e. The molecule has 0 unspecified atom stereocenters. The van der Waals surface area contributed by atoms with Crippen molar-refractivity contribution in [2.24, 2.45) is 0 Å². The Morgan fingerprint density at radius 3 is 2.87 bits per heavy atom. The quantitative estimate of drug-likeness (QED) is 0.741. The molecule has 0 fully saturated rings. The maximum Gasteiger partial charge on any atom is 0.348 e. The molecule has 0 aliphatic carbocycles. The van der Waals surface area contributed by atoms with E-state index in [2.05, 4.69) is 20.7 Å². The number of halogens is 2. The summed E-state index contributed by atoms with van der Waals surface area (Å²) in [4.78, 5) is 11.9. The molecule has 0 amide bonds. The number of esters is 1. The van der Waals surface area contributed by atoms with Gasteiger partial charge in [0.2, 0.25) is 0 Å². The second-order valence-electron chi connectivity index (χ2n) is 2.91. The molecule has 0 aliphatic heterocycles. The fraction of sp³-hybridized carbons (Fsp3) is 0.100. The van der Waals surface area contributed by atoms with Gasteiger partial charge in [-0.2, -0.15) is 0 Å². The summed E-state index contributed by atoms with van der Waals surface area (Å²) in [5.74, 6) is -0.316. The van der Waals surface area contributed by atoms with Gasteiger partial charge in [-0.1, -0.05) is 11.6 Å². The lowest BCUT2D eigenvalue weighted by Crippen LogP contribution is -1.96. The van der Waals surface area contributed by atoms with Crippen LogP contribution in [0.3, 0.4) is 0 Å². The van der Waals surface area contributed by atoms with Crippen LogP contribution < -0.4 is 0 Å². The van der Waals surface area contributed by atoms with Crippen LogP contribution in [0, 0.1) is 0 Å². The highest BCUT2D eigenvalue weighted by molar-refractivity contribution is 9.10. The number of ether oxygens (including phenoxy) is 1. The molecule has 0 spiro atoms. The van der Waals surface area contributed by atoms with Crippen molar-refractivity contribution < 1.29 is 9.53 Å². The highest BCUT2D eigenvalue weighted by atomic mass is 79.9. The van der Waals surface area contributed by atoms with Crippen LogP contribution in [0.5, 0.6) is 0 Å². The third-order valence-electron chi connectivity index (χ3n) is 1.95. The van der Waals surface area contributed by atoms with Gasteiger partial charge in [0.1, 0.15) is 4.88 Å². The monoisotopic (exact) mass is 304 g/mol. The molecule has 0 radical (unpaired) electrons. The minimum Gasteiger partial charge on any atom is -0.465 e. The van der Waals surface area contributed by atoms with E-state index in [-0.39, 0.29) is 5.97 Å². The number of hydrogen-bond acceptors (Lipinski definition) is 3. The summed E-state index contributed by atoms with van der Waals surface area (Å²) in [5, 5.41) is 1.59. The maximum atomic E-state index is 11.3. The predicted octanol–water partition coefficient (Wildman–Crippen LogP) is 4.10. The van der Waals surface area contributed by atoms with Crippen LogP contribution in [0.1, 0.15) is 9.67 Å². The van der Waals surface area contributed by atoms with Crippen LogP contribution in [0.25, 0.3) is 10.1 Å². The molecule has 0 N–H and O–H groups in total. The van der Waals surface area contributed by atoms with Crippen molar-refractivity contribution in [1.82, 2.24) is 0 Å². The number of benzene rings is 1. The van der Waals surface area contributed by atoms with Crippen LogP contribution in [0.15, 0.2) is 22.7 Å². The van der Waals surface area contributed by atoms with E-state index in [0.717, 1.165) is 14.6 Å². The number of rotatable bonds is 1. The number of methoxy groups -OCH3 is 1. The molecule has 1 aromatic heterocycles. The van der Waals surface area contributed by atoms with Crippen molar-refractivity contribution in [1.29, 1.82) is 0 Å². The highest BCUT2D eigenvalue weighted by Crippen LogP contribution is 2.33. The van der Waals surface area contributed by atoms with Gasteiger partial charge in [-0.05, 0) is 39.5 Å². The molecular weight excluding hydrogens is 300 g/mol. The maximum absolute atomic E-state index is 11.3. The second-order valence-corrected chi connectivity index (χ2v) is 5.25. The van der Waals surface area contributed by atoms with Gasteiger partial charge >= 0.3 is 5.97 Å². The molecule has 0 saturated carbocycles. The molecule has 0 atom stereocenters. The van der Waals surface area contributed by atoms with Crippen LogP contribution in [-0.4, -0.2) is 13.1 Å². The summed E-state index contributed by atoms with van der Waals surface area (Å²) >= 11 is 10.7. The Bertz CT molecular complexity index is 496. The van der Waals surface area contributed by atoms with Crippen molar-refractivity contribution in [3.63, 3.8) is 0 Å². The lowest BCUT2D eigenvalue weighted by atomic mass is 10.2. The SMILES string of the molecule is COC(=O)c1cc2cc(Cl)c(Br)cc2s1. The normalized spacial score (nSPS) is 10.6. The van der Waals surface area contributed by atoms with Crippen molar-refractivity contribution in [2.75, 3.05) is 7.11 Å². The van der Waals surface area contributed by atoms with E-state index < -0.39 is 0 Å². The highest BCUT2D eigenvalue weighted by Gasteiger charge is 2.11. The Labute approximate surface area is 104 Å². The van der Waals surface area contributed by atoms with Crippen molar-refractivity contribution >= 4 is 54.9 Å². The summed E-state index contributed by atoms with van der Waals surface area (Å²) in [6, 6.07) is 5.50. The minimum atomic E-state index is -0.316. The molecule has 0 aliphatic rings. The molecule has 2 aromatic rings. The molecule has 2 rings (SSSR count). The summed E-state index contributed by atoms with van der Waals surface area (Å²) in [5.41, 5.74) is 0. The van der Waals surface area contributed by atoms with Gasteiger partial charge in [0.15, 0.2) is 0 Å². The van der Waals surface area contributed by atoms with Crippen LogP contribution in [0.2, 0.25) is 5.02 Å². The van der Waals surface area contributed by atoms with Gasteiger partial charge in [-0.15, -0.1) is 11.3 Å². The molecule has 0 saturated heterocycles. The molecular formula is C10H6BrClO2S. The first kappa shape index (κ1) is 10.9. The zero-order chi connectivity index (χ0) is 11.0. The average Bonchev–Trinajstić information content (AvgIpc) is 2.60. The smallest absolute Gasteiger partial charge is 0.348 e. The number of thiophene rings is 1. The average molecular weight is 306 g/mol. The van der Waals surface area contributed by atoms with E-state index in [1.807, 2.05) is 12.1 Å². The summed E-state index contributed by atoms with van der Waals surface area (Å²) in [6.07, 6.45) is 0. The molecule has 78 valence electrons. The Hall–Kier alpha value is -0.580. The minimum absolute atomic E-state index is 0.316. The number of fused-ring (bicyclic) bond motifs is 1. The van der Waals surface area contributed by atoms with Gasteiger partial charge in [0.05, 0.1) is 12.1 Å². The summed E-state index contributed by atoms with van der Waals surface area (Å²) < 4.78 is 6.49. The van der Waals surface area contributed by atoms with Crippen LogP contribution in [-0.2, 0) is 4.74 Å². The lowest BCUT2D eigenvalue weighted by Gasteiger charge is -1.94. The van der Waals surface area contributed by atoms with E-state index in [9.17, 15) is 4.79 Å². The van der Waals surface area contributed by atoms with Crippen molar-refractivity contribution in [3.8, 4) is 0 Å². The zero-order valence-corrected chi connectivity index (χ0v) is 10.9. The molecule has 0 bridgehead atoms. The van der Waals surface area contributed by atoms with Gasteiger partial charge in [-0.25, -0.2) is 4.79 Å². The standard InChI is InChI=1S/C10H6BrClO2S/c1-14-10(13)9-3-5-2-7(12)6(11)4-8(5)15-9/h2-4H,1H3. The van der Waals surface area contributed by atoms with Gasteiger partial charge in [0, 0.05) is 9.17 Å². The van der Waals surface area contributed by atoms with Crippen molar-refractivity contribution in [3.05, 3.63) is 32.6 Å². The lowest BCUT2D eigenvalue weighted by molar-refractivity contribution is 0.0606. The predicted molar refractivity (Wildman–Crippen MR) is 65.9 cm³/mol. The van der Waals surface area contributed by atoms with Gasteiger partial charge < -0.3 is 4.74 Å². The Morgan fingerprint density at radius 2 is 2.20 bits per heavy atom. The summed E-state index contributed by atoms with van der Waals surface area (Å²) in [7, 11) is 1.37. The second kappa shape index (κ2) is 4.12. The topological polar surface area (TPSA) is 26.3 Å². The van der Waals surface area contributed by atoms with Crippen molar-refractivity contribution in [2.45, 2.75) is 0 Å². The molecule has 2 nitrogen and oxygen atoms in total. The van der Waals surface area contributed by atoms with E-state index in [0.29, 0.717) is 9.90 Å². The molecule has 15 heavy (non-hydrogen) atoms. The van der Waals surface area contributed by atoms with Gasteiger partial charge in [0.25, 0.3) is 0 Å².